The van der Waals surface area contributed by atoms with Crippen molar-refractivity contribution in [3.05, 3.63) is 35.9 Å². The van der Waals surface area contributed by atoms with Crippen LogP contribution >= 0.6 is 0 Å². The van der Waals surface area contributed by atoms with Crippen molar-refractivity contribution in [1.82, 2.24) is 0 Å². The van der Waals surface area contributed by atoms with Crippen molar-refractivity contribution in [2.24, 2.45) is 5.41 Å². The van der Waals surface area contributed by atoms with Crippen molar-refractivity contribution >= 4 is 0 Å². The SMILES string of the molecule is COC(c1ccccc1)C(O)C(C)(C)C. The summed E-state index contributed by atoms with van der Waals surface area (Å²) in [6, 6.07) is 9.82. The molecule has 2 nitrogen and oxygen atoms in total. The Labute approximate surface area is 91.9 Å². The number of methoxy groups -OCH3 is 1. The number of rotatable bonds is 3. The number of aliphatic hydroxyl groups excluding tert-OH is 1. The topological polar surface area (TPSA) is 29.5 Å². The number of benzene rings is 1. The van der Waals surface area contributed by atoms with Gasteiger partial charge in [0, 0.05) is 7.11 Å². The molecule has 0 saturated carbocycles. The van der Waals surface area contributed by atoms with Crippen molar-refractivity contribution in [2.75, 3.05) is 7.11 Å². The van der Waals surface area contributed by atoms with Gasteiger partial charge in [0.05, 0.1) is 6.10 Å². The monoisotopic (exact) mass is 208 g/mol. The second-order valence-corrected chi connectivity index (χ2v) is 4.88. The van der Waals surface area contributed by atoms with Crippen molar-refractivity contribution in [3.63, 3.8) is 0 Å². The molecule has 1 aromatic rings. The van der Waals surface area contributed by atoms with E-state index in [9.17, 15) is 5.11 Å². The normalized spacial score (nSPS) is 16.1. The molecular weight excluding hydrogens is 188 g/mol. The fraction of sp³-hybridized carbons (Fsp3) is 0.538. The second-order valence-electron chi connectivity index (χ2n) is 4.88. The van der Waals surface area contributed by atoms with Crippen molar-refractivity contribution in [3.8, 4) is 0 Å². The average molecular weight is 208 g/mol. The third-order valence-corrected chi connectivity index (χ3v) is 2.56. The van der Waals surface area contributed by atoms with Crippen LogP contribution in [0.2, 0.25) is 0 Å². The van der Waals surface area contributed by atoms with Crippen LogP contribution < -0.4 is 0 Å². The van der Waals surface area contributed by atoms with E-state index < -0.39 is 6.10 Å². The predicted octanol–water partition coefficient (Wildman–Crippen LogP) is 2.78. The molecule has 0 aliphatic carbocycles. The van der Waals surface area contributed by atoms with Crippen molar-refractivity contribution < 1.29 is 9.84 Å². The lowest BCUT2D eigenvalue weighted by Gasteiger charge is -2.32. The molecule has 0 radical (unpaired) electrons. The highest BCUT2D eigenvalue weighted by Crippen LogP contribution is 2.31. The Morgan fingerprint density at radius 3 is 2.07 bits per heavy atom. The number of hydrogen-bond acceptors (Lipinski definition) is 2. The first-order valence-electron chi connectivity index (χ1n) is 5.22. The first kappa shape index (κ1) is 12.2. The number of hydrogen-bond donors (Lipinski definition) is 1. The molecule has 1 rings (SSSR count). The van der Waals surface area contributed by atoms with Gasteiger partial charge in [0.2, 0.25) is 0 Å². The highest BCUT2D eigenvalue weighted by atomic mass is 16.5. The minimum absolute atomic E-state index is 0.184. The molecule has 0 aromatic heterocycles. The van der Waals surface area contributed by atoms with Crippen LogP contribution in [-0.2, 0) is 4.74 Å². The minimum Gasteiger partial charge on any atom is -0.390 e. The molecule has 15 heavy (non-hydrogen) atoms. The first-order chi connectivity index (χ1) is 6.96. The molecule has 2 heteroatoms. The summed E-state index contributed by atoms with van der Waals surface area (Å²) in [6.07, 6.45) is -0.768. The van der Waals surface area contributed by atoms with Gasteiger partial charge in [-0.3, -0.25) is 0 Å². The molecule has 0 spiro atoms. The van der Waals surface area contributed by atoms with Gasteiger partial charge < -0.3 is 9.84 Å². The molecule has 0 aliphatic rings. The van der Waals surface area contributed by atoms with E-state index in [0.717, 1.165) is 5.56 Å². The lowest BCUT2D eigenvalue weighted by Crippen LogP contribution is -2.33. The predicted molar refractivity (Wildman–Crippen MR) is 61.7 cm³/mol. The molecule has 0 amide bonds. The molecule has 0 bridgehead atoms. The molecule has 0 aliphatic heterocycles. The van der Waals surface area contributed by atoms with Crippen LogP contribution in [-0.4, -0.2) is 18.3 Å². The minimum atomic E-state index is -0.509. The molecule has 0 heterocycles. The molecule has 0 saturated heterocycles. The van der Waals surface area contributed by atoms with Gasteiger partial charge in [-0.25, -0.2) is 0 Å². The summed E-state index contributed by atoms with van der Waals surface area (Å²) in [5, 5.41) is 10.2. The third-order valence-electron chi connectivity index (χ3n) is 2.56. The van der Waals surface area contributed by atoms with Crippen molar-refractivity contribution in [1.29, 1.82) is 0 Å². The quantitative estimate of drug-likeness (QED) is 0.827. The van der Waals surface area contributed by atoms with Crippen LogP contribution in [0.1, 0.15) is 32.4 Å². The summed E-state index contributed by atoms with van der Waals surface area (Å²) in [6.45, 7) is 6.02. The standard InChI is InChI=1S/C13H20O2/c1-13(2,3)12(14)11(15-4)10-8-6-5-7-9-10/h5-9,11-12,14H,1-4H3. The van der Waals surface area contributed by atoms with Crippen LogP contribution in [0.25, 0.3) is 0 Å². The molecule has 2 unspecified atom stereocenters. The summed E-state index contributed by atoms with van der Waals surface area (Å²) in [7, 11) is 1.63. The summed E-state index contributed by atoms with van der Waals surface area (Å²) in [5.41, 5.74) is 0.832. The van der Waals surface area contributed by atoms with E-state index in [4.69, 9.17) is 4.74 Å². The van der Waals surface area contributed by atoms with Gasteiger partial charge in [-0.15, -0.1) is 0 Å². The third kappa shape index (κ3) is 3.05. The fourth-order valence-corrected chi connectivity index (χ4v) is 1.54. The summed E-state index contributed by atoms with van der Waals surface area (Å²) in [4.78, 5) is 0. The number of aliphatic hydroxyl groups is 1. The van der Waals surface area contributed by atoms with E-state index >= 15 is 0 Å². The van der Waals surface area contributed by atoms with E-state index in [1.165, 1.54) is 0 Å². The van der Waals surface area contributed by atoms with E-state index in [0.29, 0.717) is 0 Å². The van der Waals surface area contributed by atoms with E-state index in [-0.39, 0.29) is 11.5 Å². The van der Waals surface area contributed by atoms with Gasteiger partial charge in [0.15, 0.2) is 0 Å². The Bertz CT molecular complexity index is 287. The maximum absolute atomic E-state index is 10.2. The molecule has 84 valence electrons. The van der Waals surface area contributed by atoms with Crippen LogP contribution in [0.3, 0.4) is 0 Å². The van der Waals surface area contributed by atoms with Gasteiger partial charge in [-0.05, 0) is 11.0 Å². The molecule has 0 fully saturated rings. The maximum Gasteiger partial charge on any atom is 0.108 e. The Morgan fingerprint density at radius 1 is 1.13 bits per heavy atom. The zero-order valence-corrected chi connectivity index (χ0v) is 9.90. The molecule has 1 aromatic carbocycles. The highest BCUT2D eigenvalue weighted by molar-refractivity contribution is 5.19. The van der Waals surface area contributed by atoms with Crippen LogP contribution in [0, 0.1) is 5.41 Å². The summed E-state index contributed by atoms with van der Waals surface area (Å²) >= 11 is 0. The molecule has 2 atom stereocenters. The lowest BCUT2D eigenvalue weighted by atomic mass is 9.83. The first-order valence-corrected chi connectivity index (χ1v) is 5.22. The Kier molecular flexibility index (Phi) is 3.89. The van der Waals surface area contributed by atoms with Crippen molar-refractivity contribution in [2.45, 2.75) is 33.0 Å². The van der Waals surface area contributed by atoms with Gasteiger partial charge in [-0.1, -0.05) is 51.1 Å². The largest absolute Gasteiger partial charge is 0.390 e. The van der Waals surface area contributed by atoms with E-state index in [1.807, 2.05) is 51.1 Å². The van der Waals surface area contributed by atoms with Gasteiger partial charge in [0.1, 0.15) is 6.10 Å². The van der Waals surface area contributed by atoms with Gasteiger partial charge in [0.25, 0.3) is 0 Å². The van der Waals surface area contributed by atoms with Crippen LogP contribution in [0.4, 0.5) is 0 Å². The van der Waals surface area contributed by atoms with Crippen LogP contribution in [0.5, 0.6) is 0 Å². The summed E-state index contributed by atoms with van der Waals surface area (Å²) < 4.78 is 5.37. The number of ether oxygens (including phenoxy) is 1. The maximum atomic E-state index is 10.2. The summed E-state index contributed by atoms with van der Waals surface area (Å²) in [5.74, 6) is 0. The average Bonchev–Trinajstić information content (AvgIpc) is 2.19. The molecular formula is C13H20O2. The Hall–Kier alpha value is -0.860. The smallest absolute Gasteiger partial charge is 0.108 e. The van der Waals surface area contributed by atoms with E-state index in [1.54, 1.807) is 7.11 Å². The Balaban J connectivity index is 2.90. The fourth-order valence-electron chi connectivity index (χ4n) is 1.54. The van der Waals surface area contributed by atoms with E-state index in [2.05, 4.69) is 0 Å². The molecule has 1 N–H and O–H groups in total. The zero-order valence-electron chi connectivity index (χ0n) is 9.90. The Morgan fingerprint density at radius 2 is 1.67 bits per heavy atom. The van der Waals surface area contributed by atoms with Crippen LogP contribution in [0.15, 0.2) is 30.3 Å². The van der Waals surface area contributed by atoms with Gasteiger partial charge in [-0.2, -0.15) is 0 Å². The second kappa shape index (κ2) is 4.77. The zero-order chi connectivity index (χ0) is 11.5. The van der Waals surface area contributed by atoms with Gasteiger partial charge >= 0.3 is 0 Å². The highest BCUT2D eigenvalue weighted by Gasteiger charge is 2.31. The lowest BCUT2D eigenvalue weighted by molar-refractivity contribution is -0.0665.